The quantitative estimate of drug-likeness (QED) is 0.564. The predicted octanol–water partition coefficient (Wildman–Crippen LogP) is 2.90. The number of piperidine rings is 1. The molecule has 1 aromatic carbocycles. The molecule has 184 valence electrons. The van der Waals surface area contributed by atoms with Gasteiger partial charge in [0.1, 0.15) is 6.04 Å². The zero-order valence-electron chi connectivity index (χ0n) is 20.3. The van der Waals surface area contributed by atoms with Crippen LogP contribution < -0.4 is 11.1 Å². The second-order valence-electron chi connectivity index (χ2n) is 9.68. The molecular weight excluding hydrogens is 436 g/mol. The minimum Gasteiger partial charge on any atom is -0.384 e. The Morgan fingerprint density at radius 1 is 1.09 bits per heavy atom. The average molecular weight is 471 g/mol. The zero-order valence-corrected chi connectivity index (χ0v) is 20.3. The number of nitrogens with one attached hydrogen (secondary N) is 1. The smallest absolute Gasteiger partial charge is 0.384 e. The highest BCUT2D eigenvalue weighted by atomic mass is 16.4. The maximum Gasteiger partial charge on any atom is 0.437 e. The topological polar surface area (TPSA) is 115 Å². The van der Waals surface area contributed by atoms with Gasteiger partial charge in [-0.3, -0.25) is 14.4 Å². The highest BCUT2D eigenvalue weighted by molar-refractivity contribution is 6.01. The van der Waals surface area contributed by atoms with Gasteiger partial charge in [0.05, 0.1) is 12.6 Å². The first kappa shape index (κ1) is 25.4. The van der Waals surface area contributed by atoms with Gasteiger partial charge in [0.25, 0.3) is 11.8 Å². The molecule has 0 saturated carbocycles. The first-order valence-corrected chi connectivity index (χ1v) is 12.0. The highest BCUT2D eigenvalue weighted by Gasteiger charge is 2.36. The number of benzene rings is 1. The van der Waals surface area contributed by atoms with Crippen molar-refractivity contribution in [2.75, 3.05) is 6.54 Å². The molecule has 1 fully saturated rings. The summed E-state index contributed by atoms with van der Waals surface area (Å²) in [5, 5.41) is 6.88. The fourth-order valence-electron chi connectivity index (χ4n) is 4.18. The lowest BCUT2D eigenvalue weighted by atomic mass is 9.97. The summed E-state index contributed by atoms with van der Waals surface area (Å²) in [6, 6.07) is 7.29. The molecule has 1 aliphatic heterocycles. The van der Waals surface area contributed by atoms with Gasteiger partial charge in [-0.25, -0.2) is 4.79 Å². The summed E-state index contributed by atoms with van der Waals surface area (Å²) in [6.45, 7) is 8.53. The maximum atomic E-state index is 13.3. The summed E-state index contributed by atoms with van der Waals surface area (Å²) in [5.41, 5.74) is 0.523. The number of hydrogen-bond donors (Lipinski definition) is 1. The molecule has 1 aromatic heterocycles. The number of rotatable bonds is 9. The van der Waals surface area contributed by atoms with Crippen LogP contribution in [-0.4, -0.2) is 50.9 Å². The lowest BCUT2D eigenvalue weighted by Crippen LogP contribution is -2.55. The number of ketones is 1. The lowest BCUT2D eigenvalue weighted by Gasteiger charge is -2.35. The molecule has 3 rings (SSSR count). The molecule has 9 heteroatoms. The van der Waals surface area contributed by atoms with Gasteiger partial charge in [0.15, 0.2) is 0 Å². The van der Waals surface area contributed by atoms with E-state index in [1.54, 1.807) is 29.2 Å². The van der Waals surface area contributed by atoms with E-state index in [9.17, 15) is 19.2 Å². The van der Waals surface area contributed by atoms with E-state index in [4.69, 9.17) is 4.42 Å². The summed E-state index contributed by atoms with van der Waals surface area (Å²) in [4.78, 5) is 53.3. The molecule has 2 atom stereocenters. The second-order valence-corrected chi connectivity index (χ2v) is 9.68. The Morgan fingerprint density at radius 2 is 1.79 bits per heavy atom. The van der Waals surface area contributed by atoms with Crippen molar-refractivity contribution >= 4 is 17.6 Å². The molecule has 0 spiro atoms. The third kappa shape index (κ3) is 6.21. The second kappa shape index (κ2) is 11.3. The molecule has 1 saturated heterocycles. The van der Waals surface area contributed by atoms with Crippen LogP contribution in [0.3, 0.4) is 0 Å². The fraction of sp³-hybridized carbons (Fsp3) is 0.560. The minimum atomic E-state index is -0.909. The summed E-state index contributed by atoms with van der Waals surface area (Å²) < 4.78 is 6.25. The molecule has 9 nitrogen and oxygen atoms in total. The van der Waals surface area contributed by atoms with Crippen molar-refractivity contribution in [2.24, 2.45) is 11.8 Å². The van der Waals surface area contributed by atoms with Gasteiger partial charge in [-0.2, -0.15) is 4.68 Å². The van der Waals surface area contributed by atoms with Gasteiger partial charge in [-0.15, -0.1) is 5.10 Å². The number of likely N-dealkylation sites (tertiary alicyclic amines) is 1. The molecule has 1 unspecified atom stereocenters. The van der Waals surface area contributed by atoms with E-state index in [0.717, 1.165) is 17.5 Å². The zero-order chi connectivity index (χ0) is 24.8. The molecular formula is C25H34N4O5. The van der Waals surface area contributed by atoms with E-state index < -0.39 is 23.6 Å². The summed E-state index contributed by atoms with van der Waals surface area (Å²) >= 11 is 0. The van der Waals surface area contributed by atoms with Crippen molar-refractivity contribution in [1.29, 1.82) is 0 Å². The van der Waals surface area contributed by atoms with Crippen LogP contribution >= 0.6 is 0 Å². The van der Waals surface area contributed by atoms with Crippen molar-refractivity contribution in [3.63, 3.8) is 0 Å². The summed E-state index contributed by atoms with van der Waals surface area (Å²) in [7, 11) is 0. The van der Waals surface area contributed by atoms with Crippen molar-refractivity contribution in [1.82, 2.24) is 20.0 Å². The SMILES string of the molecule is CC(C)CC(NC(=O)[C@@H]1CCCCN1C(=O)c1ccccc1)C(=O)c1nn(CC(C)C)c(=O)o1. The van der Waals surface area contributed by atoms with Crippen molar-refractivity contribution in [2.45, 2.75) is 72.0 Å². The van der Waals surface area contributed by atoms with E-state index in [1.165, 1.54) is 0 Å². The molecule has 2 aromatic rings. The van der Waals surface area contributed by atoms with Gasteiger partial charge >= 0.3 is 5.76 Å². The van der Waals surface area contributed by atoms with Crippen LogP contribution in [0.4, 0.5) is 0 Å². The van der Waals surface area contributed by atoms with Crippen LogP contribution in [0, 0.1) is 11.8 Å². The normalized spacial score (nSPS) is 17.1. The van der Waals surface area contributed by atoms with Crippen molar-refractivity contribution < 1.29 is 18.8 Å². The summed E-state index contributed by atoms with van der Waals surface area (Å²) in [5.74, 6) is -1.89. The van der Waals surface area contributed by atoms with Gasteiger partial charge in [-0.1, -0.05) is 45.9 Å². The Balaban J connectivity index is 1.79. The number of aromatic nitrogens is 2. The number of carbonyl (C=O) groups is 3. The van der Waals surface area contributed by atoms with Crippen molar-refractivity contribution in [3.05, 3.63) is 52.3 Å². The van der Waals surface area contributed by atoms with Crippen LogP contribution in [0.2, 0.25) is 0 Å². The van der Waals surface area contributed by atoms with E-state index in [2.05, 4.69) is 10.4 Å². The van der Waals surface area contributed by atoms with Crippen LogP contribution in [0.5, 0.6) is 0 Å². The predicted molar refractivity (Wildman–Crippen MR) is 126 cm³/mol. The van der Waals surface area contributed by atoms with Crippen LogP contribution in [-0.2, 0) is 11.3 Å². The fourth-order valence-corrected chi connectivity index (χ4v) is 4.18. The largest absolute Gasteiger partial charge is 0.437 e. The Kier molecular flexibility index (Phi) is 8.41. The van der Waals surface area contributed by atoms with Crippen LogP contribution in [0.25, 0.3) is 0 Å². The minimum absolute atomic E-state index is 0.0899. The first-order chi connectivity index (χ1) is 16.2. The highest BCUT2D eigenvalue weighted by Crippen LogP contribution is 2.21. The van der Waals surface area contributed by atoms with E-state index in [1.807, 2.05) is 33.8 Å². The number of hydrogen-bond acceptors (Lipinski definition) is 6. The van der Waals surface area contributed by atoms with E-state index in [-0.39, 0.29) is 29.5 Å². The Hall–Kier alpha value is -3.23. The van der Waals surface area contributed by atoms with E-state index in [0.29, 0.717) is 31.5 Å². The Labute approximate surface area is 199 Å². The number of nitrogens with zero attached hydrogens (tertiary/aromatic N) is 3. The van der Waals surface area contributed by atoms with E-state index >= 15 is 0 Å². The number of carbonyl (C=O) groups excluding carboxylic acids is 3. The van der Waals surface area contributed by atoms with Crippen LogP contribution in [0.15, 0.2) is 39.5 Å². The molecule has 1 aliphatic rings. The van der Waals surface area contributed by atoms with Crippen molar-refractivity contribution in [3.8, 4) is 0 Å². The molecule has 2 heterocycles. The number of Topliss-reactive ketones (excluding diaryl/α,β-unsaturated/α-hetero) is 1. The monoisotopic (exact) mass is 470 g/mol. The molecule has 0 aliphatic carbocycles. The Bertz CT molecular complexity index is 1060. The third-order valence-corrected chi connectivity index (χ3v) is 5.78. The van der Waals surface area contributed by atoms with Crippen LogP contribution in [0.1, 0.15) is 74.4 Å². The van der Waals surface area contributed by atoms with Gasteiger partial charge in [-0.05, 0) is 49.7 Å². The maximum absolute atomic E-state index is 13.3. The van der Waals surface area contributed by atoms with Gasteiger partial charge in [0.2, 0.25) is 11.7 Å². The molecule has 0 bridgehead atoms. The van der Waals surface area contributed by atoms with Gasteiger partial charge in [0, 0.05) is 12.1 Å². The standard InChI is InChI=1S/C25H34N4O5/c1-16(2)14-19(21(30)23-27-29(15-17(3)4)25(33)34-23)26-22(31)20-12-8-9-13-28(20)24(32)18-10-6-5-7-11-18/h5-7,10-11,16-17,19-20H,8-9,12-15H2,1-4H3,(H,26,31)/t19?,20-/m0/s1. The summed E-state index contributed by atoms with van der Waals surface area (Å²) in [6.07, 6.45) is 2.50. The molecule has 1 N–H and O–H groups in total. The first-order valence-electron chi connectivity index (χ1n) is 12.0. The van der Waals surface area contributed by atoms with Gasteiger partial charge < -0.3 is 14.6 Å². The Morgan fingerprint density at radius 3 is 2.44 bits per heavy atom. The molecule has 2 amide bonds. The molecule has 34 heavy (non-hydrogen) atoms. The average Bonchev–Trinajstić information content (AvgIpc) is 3.17. The lowest BCUT2D eigenvalue weighted by molar-refractivity contribution is -0.127. The third-order valence-electron chi connectivity index (χ3n) is 5.78. The molecule has 0 radical (unpaired) electrons. The number of amides is 2.